The lowest BCUT2D eigenvalue weighted by atomic mass is 10.3. The molecule has 0 aromatic rings. The Morgan fingerprint density at radius 1 is 0.429 bits per heavy atom. The minimum atomic E-state index is -3.15. The third-order valence-electron chi connectivity index (χ3n) is 4.39. The van der Waals surface area contributed by atoms with Crippen LogP contribution in [0, 0.1) is 0 Å². The lowest BCUT2D eigenvalue weighted by Crippen LogP contribution is -2.64. The summed E-state index contributed by atoms with van der Waals surface area (Å²) in [7, 11) is 6.22. The van der Waals surface area contributed by atoms with Gasteiger partial charge in [0.05, 0.1) is 12.2 Å². The molecule has 0 aromatic heterocycles. The average Bonchev–Trinajstić information content (AvgIpc) is 2.46. The highest BCUT2D eigenvalue weighted by atomic mass is 28.5. The van der Waals surface area contributed by atoms with Gasteiger partial charge in [-0.3, -0.25) is 0 Å². The first-order valence-electron chi connectivity index (χ1n) is 12.6. The van der Waals surface area contributed by atoms with Crippen LogP contribution in [-0.4, -0.2) is 149 Å². The summed E-state index contributed by atoms with van der Waals surface area (Å²) in [6.45, 7) is 20.2. The first-order chi connectivity index (χ1) is 15.5. The van der Waals surface area contributed by atoms with Gasteiger partial charge in [0, 0.05) is 39.3 Å². The summed E-state index contributed by atoms with van der Waals surface area (Å²) in [6, 6.07) is 0. The van der Waals surface area contributed by atoms with Gasteiger partial charge >= 0.3 is 17.6 Å². The molecule has 0 fully saturated rings. The molecule has 2 atom stereocenters. The Labute approximate surface area is 222 Å². The maximum atomic E-state index is 6.95. The quantitative estimate of drug-likeness (QED) is 0.232. The van der Waals surface area contributed by atoms with Crippen LogP contribution in [0.5, 0.6) is 0 Å². The van der Waals surface area contributed by atoms with Gasteiger partial charge in [-0.2, -0.15) is 0 Å². The summed E-state index contributed by atoms with van der Waals surface area (Å²) in [4.78, 5) is 8.58. The van der Waals surface area contributed by atoms with E-state index in [0.717, 1.165) is 26.2 Å². The first-order valence-corrected chi connectivity index (χ1v) is 23.8. The van der Waals surface area contributed by atoms with E-state index in [1.54, 1.807) is 0 Å². The predicted octanol–water partition coefficient (Wildman–Crippen LogP) is 2.86. The van der Waals surface area contributed by atoms with Gasteiger partial charge in [0.1, 0.15) is 0 Å². The molecule has 0 unspecified atom stereocenters. The van der Waals surface area contributed by atoms with E-state index in [2.05, 4.69) is 115 Å². The van der Waals surface area contributed by atoms with Crippen LogP contribution >= 0.6 is 0 Å². The molecule has 212 valence electrons. The molecule has 0 rings (SSSR count). The largest absolute Gasteiger partial charge is 0.480 e. The molecule has 0 spiro atoms. The molecule has 0 saturated heterocycles. The van der Waals surface area contributed by atoms with Crippen molar-refractivity contribution in [2.45, 2.75) is 64.6 Å². The lowest BCUT2D eigenvalue weighted by Gasteiger charge is -2.43. The third kappa shape index (κ3) is 18.4. The van der Waals surface area contributed by atoms with Crippen molar-refractivity contribution in [2.24, 2.45) is 0 Å². The average molecular weight is 571 g/mol. The minimum Gasteiger partial charge on any atom is -0.416 e. The standard InChI is InChI=1S/C22H58N4O5Si4/c1-23(2)17-21(18-24(3)4)27-34(15,29-32(9,10)11)31-35(16,30-33(12,13)14)28-22(19-25(5)6)20-26(7)8/h21-22H,17-20H2,1-16H3/t34-,35+. The molecule has 0 bridgehead atoms. The van der Waals surface area contributed by atoms with Gasteiger partial charge in [-0.05, 0) is 95.7 Å². The molecule has 0 saturated carbocycles. The zero-order valence-corrected chi connectivity index (χ0v) is 29.8. The Bertz CT molecular complexity index is 535. The van der Waals surface area contributed by atoms with Crippen LogP contribution in [0.15, 0.2) is 0 Å². The summed E-state index contributed by atoms with van der Waals surface area (Å²) in [5, 5.41) is 0. The van der Waals surface area contributed by atoms with Gasteiger partial charge in [0.25, 0.3) is 0 Å². The zero-order valence-electron chi connectivity index (χ0n) is 25.8. The molecular weight excluding hydrogens is 513 g/mol. The van der Waals surface area contributed by atoms with Crippen LogP contribution < -0.4 is 0 Å². The Hall–Kier alpha value is 0.508. The fourth-order valence-electron chi connectivity index (χ4n) is 4.09. The molecule has 13 heteroatoms. The van der Waals surface area contributed by atoms with E-state index < -0.39 is 34.2 Å². The van der Waals surface area contributed by atoms with E-state index >= 15 is 0 Å². The third-order valence-corrected chi connectivity index (χ3v) is 16.7. The van der Waals surface area contributed by atoms with Crippen LogP contribution in [0.1, 0.15) is 0 Å². The molecule has 0 heterocycles. The highest BCUT2D eigenvalue weighted by molar-refractivity contribution is 6.86. The zero-order chi connectivity index (χ0) is 27.8. The number of hydrogen-bond donors (Lipinski definition) is 0. The van der Waals surface area contributed by atoms with Gasteiger partial charge in [0.15, 0.2) is 16.6 Å². The van der Waals surface area contributed by atoms with Crippen molar-refractivity contribution in [2.75, 3.05) is 82.6 Å². The molecule has 35 heavy (non-hydrogen) atoms. The smallest absolute Gasteiger partial charge is 0.416 e. The second-order valence-electron chi connectivity index (χ2n) is 12.8. The van der Waals surface area contributed by atoms with E-state index in [4.69, 9.17) is 21.2 Å². The highest BCUT2D eigenvalue weighted by Gasteiger charge is 2.53. The molecule has 0 aromatic carbocycles. The number of hydrogen-bond acceptors (Lipinski definition) is 9. The summed E-state index contributed by atoms with van der Waals surface area (Å²) < 4.78 is 34.0. The van der Waals surface area contributed by atoms with Crippen molar-refractivity contribution in [3.05, 3.63) is 0 Å². The molecule has 0 radical (unpaired) electrons. The number of likely N-dealkylation sites (N-methyl/N-ethyl adjacent to an activating group) is 4. The molecule has 9 nitrogen and oxygen atoms in total. The van der Waals surface area contributed by atoms with Crippen LogP contribution in [0.25, 0.3) is 0 Å². The summed E-state index contributed by atoms with van der Waals surface area (Å²) in [5.74, 6) is 0. The lowest BCUT2D eigenvalue weighted by molar-refractivity contribution is 0.0259. The Kier molecular flexibility index (Phi) is 14.8. The van der Waals surface area contributed by atoms with Crippen LogP contribution in [0.2, 0.25) is 52.4 Å². The van der Waals surface area contributed by atoms with Gasteiger partial charge < -0.3 is 40.8 Å². The Balaban J connectivity index is 6.27. The molecule has 0 N–H and O–H groups in total. The van der Waals surface area contributed by atoms with Crippen molar-refractivity contribution in [1.82, 2.24) is 19.6 Å². The van der Waals surface area contributed by atoms with Gasteiger partial charge in [-0.25, -0.2) is 0 Å². The maximum Gasteiger partial charge on any atom is 0.480 e. The van der Waals surface area contributed by atoms with Crippen molar-refractivity contribution < 1.29 is 21.2 Å². The fraction of sp³-hybridized carbons (Fsp3) is 1.00. The number of rotatable bonds is 18. The summed E-state index contributed by atoms with van der Waals surface area (Å²) in [5.41, 5.74) is 0. The minimum absolute atomic E-state index is 0.0579. The van der Waals surface area contributed by atoms with E-state index in [0.29, 0.717) is 0 Å². The van der Waals surface area contributed by atoms with Crippen molar-refractivity contribution in [1.29, 1.82) is 0 Å². The van der Waals surface area contributed by atoms with Crippen molar-refractivity contribution in [3.8, 4) is 0 Å². The fourth-order valence-corrected chi connectivity index (χ4v) is 19.0. The van der Waals surface area contributed by atoms with E-state index in [9.17, 15) is 0 Å². The topological polar surface area (TPSA) is 59.1 Å². The Morgan fingerprint density at radius 2 is 0.657 bits per heavy atom. The monoisotopic (exact) mass is 570 g/mol. The predicted molar refractivity (Wildman–Crippen MR) is 157 cm³/mol. The van der Waals surface area contributed by atoms with Crippen LogP contribution in [0.3, 0.4) is 0 Å². The van der Waals surface area contributed by atoms with E-state index in [1.165, 1.54) is 0 Å². The van der Waals surface area contributed by atoms with Gasteiger partial charge in [0.2, 0.25) is 0 Å². The summed E-state index contributed by atoms with van der Waals surface area (Å²) >= 11 is 0. The highest BCUT2D eigenvalue weighted by Crippen LogP contribution is 2.28. The van der Waals surface area contributed by atoms with E-state index in [1.807, 2.05) is 13.1 Å². The van der Waals surface area contributed by atoms with E-state index in [-0.39, 0.29) is 12.2 Å². The first kappa shape index (κ1) is 35.5. The molecular formula is C22H58N4O5Si4. The molecule has 0 aliphatic heterocycles. The van der Waals surface area contributed by atoms with Gasteiger partial charge in [-0.15, -0.1) is 0 Å². The van der Waals surface area contributed by atoms with Crippen molar-refractivity contribution in [3.63, 3.8) is 0 Å². The second-order valence-corrected chi connectivity index (χ2v) is 27.6. The maximum absolute atomic E-state index is 6.95. The van der Waals surface area contributed by atoms with Gasteiger partial charge in [-0.1, -0.05) is 0 Å². The van der Waals surface area contributed by atoms with Crippen LogP contribution in [-0.2, 0) is 21.2 Å². The summed E-state index contributed by atoms with van der Waals surface area (Å²) in [6.07, 6.45) is -0.116. The van der Waals surface area contributed by atoms with Crippen molar-refractivity contribution >= 4 is 34.2 Å². The number of nitrogens with zero attached hydrogens (tertiary/aromatic N) is 4. The SMILES string of the molecule is CN(C)CC(CN(C)C)O[Si@@](C)(O[Si](C)(C)C)O[Si@](C)(OC(CN(C)C)CN(C)C)O[Si](C)(C)C. The molecule has 0 aliphatic rings. The second kappa shape index (κ2) is 14.6. The van der Waals surface area contributed by atoms with Crippen LogP contribution in [0.4, 0.5) is 0 Å². The normalized spacial score (nSPS) is 17.3. The molecule has 0 amide bonds. The molecule has 0 aliphatic carbocycles. The Morgan fingerprint density at radius 3 is 0.829 bits per heavy atom.